The Hall–Kier alpha value is -1.55. The lowest BCUT2D eigenvalue weighted by atomic mass is 10.0. The van der Waals surface area contributed by atoms with Crippen molar-refractivity contribution in [2.24, 2.45) is 5.92 Å². The summed E-state index contributed by atoms with van der Waals surface area (Å²) in [4.78, 5) is 13.9. The second-order valence-corrected chi connectivity index (χ2v) is 5.80. The summed E-state index contributed by atoms with van der Waals surface area (Å²) in [5.74, 6) is 0.660. The molecular formula is C16H24N2O2. The Balaban J connectivity index is 1.74. The van der Waals surface area contributed by atoms with Gasteiger partial charge in [-0.05, 0) is 30.5 Å². The van der Waals surface area contributed by atoms with Gasteiger partial charge < -0.3 is 15.3 Å². The van der Waals surface area contributed by atoms with E-state index in [9.17, 15) is 9.90 Å². The Bertz CT molecular complexity index is 434. The summed E-state index contributed by atoms with van der Waals surface area (Å²) in [5, 5.41) is 12.8. The van der Waals surface area contributed by atoms with Gasteiger partial charge >= 0.3 is 0 Å². The number of phenols is 1. The molecule has 0 atom stereocenters. The second-order valence-electron chi connectivity index (χ2n) is 5.80. The molecule has 4 heteroatoms. The molecule has 1 aromatic carbocycles. The predicted octanol–water partition coefficient (Wildman–Crippen LogP) is 2.13. The van der Waals surface area contributed by atoms with Crippen molar-refractivity contribution in [2.75, 3.05) is 13.1 Å². The van der Waals surface area contributed by atoms with Crippen molar-refractivity contribution in [3.8, 4) is 5.75 Å². The van der Waals surface area contributed by atoms with Gasteiger partial charge in [0.15, 0.2) is 0 Å². The molecule has 0 aromatic heterocycles. The average Bonchev–Trinajstić information content (AvgIpc) is 2.46. The van der Waals surface area contributed by atoms with E-state index >= 15 is 0 Å². The fourth-order valence-electron chi connectivity index (χ4n) is 2.55. The second kappa shape index (κ2) is 6.75. The fourth-order valence-corrected chi connectivity index (χ4v) is 2.55. The normalized spacial score (nSPS) is 16.6. The zero-order valence-corrected chi connectivity index (χ0v) is 12.3. The van der Waals surface area contributed by atoms with E-state index in [1.807, 2.05) is 30.9 Å². The van der Waals surface area contributed by atoms with E-state index in [1.54, 1.807) is 12.1 Å². The SMILES string of the molecule is CC(C)C(=O)N1CCC(NCc2ccc(O)cc2)CC1. The maximum Gasteiger partial charge on any atom is 0.225 e. The first kappa shape index (κ1) is 14.9. The lowest BCUT2D eigenvalue weighted by Gasteiger charge is -2.33. The van der Waals surface area contributed by atoms with Gasteiger partial charge in [-0.25, -0.2) is 0 Å². The minimum absolute atomic E-state index is 0.0940. The van der Waals surface area contributed by atoms with Gasteiger partial charge in [0.25, 0.3) is 0 Å². The van der Waals surface area contributed by atoms with Gasteiger partial charge in [0.05, 0.1) is 0 Å². The Morgan fingerprint density at radius 3 is 2.45 bits per heavy atom. The highest BCUT2D eigenvalue weighted by Crippen LogP contribution is 2.14. The molecule has 1 amide bonds. The van der Waals surface area contributed by atoms with E-state index in [2.05, 4.69) is 5.32 Å². The number of carbonyl (C=O) groups excluding carboxylic acids is 1. The maximum atomic E-state index is 11.9. The number of nitrogens with zero attached hydrogens (tertiary/aromatic N) is 1. The van der Waals surface area contributed by atoms with Crippen molar-refractivity contribution in [3.63, 3.8) is 0 Å². The summed E-state index contributed by atoms with van der Waals surface area (Å²) < 4.78 is 0. The Labute approximate surface area is 120 Å². The van der Waals surface area contributed by atoms with Crippen molar-refractivity contribution < 1.29 is 9.90 Å². The molecule has 1 aromatic rings. The molecule has 0 radical (unpaired) electrons. The first-order chi connectivity index (χ1) is 9.56. The van der Waals surface area contributed by atoms with Crippen LogP contribution >= 0.6 is 0 Å². The van der Waals surface area contributed by atoms with E-state index in [0.29, 0.717) is 11.8 Å². The number of carbonyl (C=O) groups is 1. The largest absolute Gasteiger partial charge is 0.508 e. The highest BCUT2D eigenvalue weighted by Gasteiger charge is 2.23. The van der Waals surface area contributed by atoms with Crippen LogP contribution in [0.3, 0.4) is 0 Å². The molecule has 0 aliphatic carbocycles. The monoisotopic (exact) mass is 276 g/mol. The number of rotatable bonds is 4. The van der Waals surface area contributed by atoms with Gasteiger partial charge in [0.1, 0.15) is 5.75 Å². The molecule has 0 unspecified atom stereocenters. The van der Waals surface area contributed by atoms with Crippen LogP contribution in [0.15, 0.2) is 24.3 Å². The number of nitrogens with one attached hydrogen (secondary N) is 1. The molecule has 0 saturated carbocycles. The van der Waals surface area contributed by atoms with Crippen LogP contribution in [-0.2, 0) is 11.3 Å². The first-order valence-electron chi connectivity index (χ1n) is 7.36. The lowest BCUT2D eigenvalue weighted by molar-refractivity contribution is -0.135. The molecule has 1 saturated heterocycles. The number of piperidine rings is 1. The van der Waals surface area contributed by atoms with E-state index in [4.69, 9.17) is 0 Å². The number of benzene rings is 1. The quantitative estimate of drug-likeness (QED) is 0.886. The summed E-state index contributed by atoms with van der Waals surface area (Å²) >= 11 is 0. The molecule has 20 heavy (non-hydrogen) atoms. The number of aromatic hydroxyl groups is 1. The summed E-state index contributed by atoms with van der Waals surface area (Å²) in [7, 11) is 0. The Kier molecular flexibility index (Phi) is 5.01. The Morgan fingerprint density at radius 1 is 1.30 bits per heavy atom. The van der Waals surface area contributed by atoms with Crippen molar-refractivity contribution in [1.29, 1.82) is 0 Å². The average molecular weight is 276 g/mol. The fraction of sp³-hybridized carbons (Fsp3) is 0.562. The number of likely N-dealkylation sites (tertiary alicyclic amines) is 1. The molecule has 110 valence electrons. The first-order valence-corrected chi connectivity index (χ1v) is 7.36. The van der Waals surface area contributed by atoms with E-state index in [-0.39, 0.29) is 11.8 Å². The van der Waals surface area contributed by atoms with E-state index in [1.165, 1.54) is 5.56 Å². The van der Waals surface area contributed by atoms with E-state index in [0.717, 1.165) is 32.5 Å². The van der Waals surface area contributed by atoms with Crippen molar-refractivity contribution in [1.82, 2.24) is 10.2 Å². The highest BCUT2D eigenvalue weighted by atomic mass is 16.3. The van der Waals surface area contributed by atoms with Crippen LogP contribution in [0.1, 0.15) is 32.3 Å². The third-order valence-corrected chi connectivity index (χ3v) is 3.83. The maximum absolute atomic E-state index is 11.9. The van der Waals surface area contributed by atoms with Crippen LogP contribution < -0.4 is 5.32 Å². The third kappa shape index (κ3) is 3.97. The number of hydrogen-bond donors (Lipinski definition) is 2. The molecule has 4 nitrogen and oxygen atoms in total. The molecular weight excluding hydrogens is 252 g/mol. The van der Waals surface area contributed by atoms with Gasteiger partial charge in [-0.15, -0.1) is 0 Å². The lowest BCUT2D eigenvalue weighted by Crippen LogP contribution is -2.45. The number of hydrogen-bond acceptors (Lipinski definition) is 3. The molecule has 2 rings (SSSR count). The van der Waals surface area contributed by atoms with Crippen LogP contribution in [0.2, 0.25) is 0 Å². The van der Waals surface area contributed by atoms with Gasteiger partial charge in [-0.3, -0.25) is 4.79 Å². The summed E-state index contributed by atoms with van der Waals surface area (Å²) in [5.41, 5.74) is 1.17. The Morgan fingerprint density at radius 2 is 1.90 bits per heavy atom. The molecule has 0 spiro atoms. The smallest absolute Gasteiger partial charge is 0.225 e. The van der Waals surface area contributed by atoms with Crippen LogP contribution in [0.4, 0.5) is 0 Å². The van der Waals surface area contributed by atoms with Crippen molar-refractivity contribution >= 4 is 5.91 Å². The summed E-state index contributed by atoms with van der Waals surface area (Å²) in [6, 6.07) is 7.75. The van der Waals surface area contributed by atoms with E-state index < -0.39 is 0 Å². The third-order valence-electron chi connectivity index (χ3n) is 3.83. The standard InChI is InChI=1S/C16H24N2O2/c1-12(2)16(20)18-9-7-14(8-10-18)17-11-13-3-5-15(19)6-4-13/h3-6,12,14,17,19H,7-11H2,1-2H3. The predicted molar refractivity (Wildman–Crippen MR) is 79.4 cm³/mol. The number of amides is 1. The molecule has 1 heterocycles. The van der Waals surface area contributed by atoms with Crippen molar-refractivity contribution in [2.45, 2.75) is 39.3 Å². The zero-order valence-electron chi connectivity index (χ0n) is 12.3. The summed E-state index contributed by atoms with van der Waals surface area (Å²) in [6.07, 6.45) is 2.02. The number of phenolic OH excluding ortho intramolecular Hbond substituents is 1. The minimum Gasteiger partial charge on any atom is -0.508 e. The van der Waals surface area contributed by atoms with Crippen molar-refractivity contribution in [3.05, 3.63) is 29.8 Å². The van der Waals surface area contributed by atoms with Gasteiger partial charge in [-0.2, -0.15) is 0 Å². The minimum atomic E-state index is 0.0940. The van der Waals surface area contributed by atoms with Crippen LogP contribution in [0.25, 0.3) is 0 Å². The molecule has 1 fully saturated rings. The van der Waals surface area contributed by atoms with Crippen LogP contribution in [0, 0.1) is 5.92 Å². The van der Waals surface area contributed by atoms with Crippen LogP contribution in [0.5, 0.6) is 5.75 Å². The summed E-state index contributed by atoms with van der Waals surface area (Å²) in [6.45, 7) is 6.42. The van der Waals surface area contributed by atoms with Gasteiger partial charge in [0, 0.05) is 31.6 Å². The van der Waals surface area contributed by atoms with Crippen LogP contribution in [-0.4, -0.2) is 35.0 Å². The highest BCUT2D eigenvalue weighted by molar-refractivity contribution is 5.78. The topological polar surface area (TPSA) is 52.6 Å². The molecule has 0 bridgehead atoms. The molecule has 1 aliphatic heterocycles. The molecule has 2 N–H and O–H groups in total. The molecule has 1 aliphatic rings. The zero-order chi connectivity index (χ0) is 14.5. The van der Waals surface area contributed by atoms with Gasteiger partial charge in [-0.1, -0.05) is 26.0 Å². The van der Waals surface area contributed by atoms with Gasteiger partial charge in [0.2, 0.25) is 5.91 Å².